The normalized spacial score (nSPS) is 12.6. The first-order valence-electron chi connectivity index (χ1n) is 8.74. The molecule has 0 fully saturated rings. The number of anilines is 2. The second kappa shape index (κ2) is 7.77. The summed E-state index contributed by atoms with van der Waals surface area (Å²) in [5.41, 5.74) is 2.95. The lowest BCUT2D eigenvalue weighted by Gasteiger charge is -2.32. The van der Waals surface area contributed by atoms with E-state index in [-0.39, 0.29) is 5.91 Å². The van der Waals surface area contributed by atoms with Gasteiger partial charge in [-0.05, 0) is 42.9 Å². The highest BCUT2D eigenvalue weighted by molar-refractivity contribution is 7.99. The van der Waals surface area contributed by atoms with Crippen LogP contribution in [0.15, 0.2) is 82.6 Å². The fourth-order valence-electron chi connectivity index (χ4n) is 3.25. The van der Waals surface area contributed by atoms with Gasteiger partial charge in [0.2, 0.25) is 5.91 Å². The first-order valence-corrected chi connectivity index (χ1v) is 9.93. The van der Waals surface area contributed by atoms with Crippen LogP contribution in [-0.2, 0) is 11.3 Å². The van der Waals surface area contributed by atoms with E-state index >= 15 is 0 Å². The van der Waals surface area contributed by atoms with E-state index in [1.165, 1.54) is 5.56 Å². The number of para-hydroxylation sites is 1. The second-order valence-electron chi connectivity index (χ2n) is 6.57. The number of carbonyl (C=O) groups excluding carboxylic acids is 1. The highest BCUT2D eigenvalue weighted by atomic mass is 35.5. The van der Waals surface area contributed by atoms with E-state index in [1.807, 2.05) is 72.6 Å². The maximum absolute atomic E-state index is 13.3. The van der Waals surface area contributed by atoms with Crippen molar-refractivity contribution in [2.45, 2.75) is 16.3 Å². The van der Waals surface area contributed by atoms with Gasteiger partial charge in [-0.15, -0.1) is 0 Å². The Hall–Kier alpha value is -2.27. The van der Waals surface area contributed by atoms with Crippen LogP contribution >= 0.6 is 23.4 Å². The van der Waals surface area contributed by atoms with Crippen LogP contribution in [0.3, 0.4) is 0 Å². The van der Waals surface area contributed by atoms with Crippen molar-refractivity contribution in [2.75, 3.05) is 18.5 Å². The largest absolute Gasteiger partial charge is 0.293 e. The van der Waals surface area contributed by atoms with Crippen molar-refractivity contribution in [3.8, 4) is 0 Å². The Morgan fingerprint density at radius 3 is 2.48 bits per heavy atom. The van der Waals surface area contributed by atoms with Crippen LogP contribution in [0.1, 0.15) is 5.56 Å². The summed E-state index contributed by atoms with van der Waals surface area (Å²) >= 11 is 7.90. The molecule has 136 valence electrons. The Labute approximate surface area is 168 Å². The van der Waals surface area contributed by atoms with E-state index in [1.54, 1.807) is 16.7 Å². The summed E-state index contributed by atoms with van der Waals surface area (Å²) in [5, 5.41) is 0.629. The van der Waals surface area contributed by atoms with Gasteiger partial charge in [-0.3, -0.25) is 14.6 Å². The molecule has 0 spiro atoms. The SMILES string of the molecule is CN(CC(=O)N1c2ccccc2Sc2ccc(Cl)cc21)Cc1ccccc1. The molecule has 5 heteroatoms. The number of halogens is 1. The Balaban J connectivity index is 1.62. The first-order chi connectivity index (χ1) is 13.1. The zero-order valence-electron chi connectivity index (χ0n) is 14.9. The molecular weight excluding hydrogens is 376 g/mol. The van der Waals surface area contributed by atoms with Crippen LogP contribution in [0.5, 0.6) is 0 Å². The Kier molecular flexibility index (Phi) is 5.21. The zero-order valence-corrected chi connectivity index (χ0v) is 16.5. The third kappa shape index (κ3) is 3.88. The molecule has 0 radical (unpaired) electrons. The molecule has 0 atom stereocenters. The van der Waals surface area contributed by atoms with E-state index in [0.717, 1.165) is 27.7 Å². The van der Waals surface area contributed by atoms with Gasteiger partial charge in [0.05, 0.1) is 17.9 Å². The van der Waals surface area contributed by atoms with Crippen molar-refractivity contribution in [3.63, 3.8) is 0 Å². The minimum Gasteiger partial charge on any atom is -0.293 e. The number of rotatable bonds is 4. The van der Waals surface area contributed by atoms with Crippen LogP contribution < -0.4 is 4.90 Å². The molecule has 3 nitrogen and oxygen atoms in total. The van der Waals surface area contributed by atoms with E-state index in [0.29, 0.717) is 11.6 Å². The maximum Gasteiger partial charge on any atom is 0.245 e. The average Bonchev–Trinajstić information content (AvgIpc) is 2.66. The van der Waals surface area contributed by atoms with Gasteiger partial charge in [0.25, 0.3) is 0 Å². The summed E-state index contributed by atoms with van der Waals surface area (Å²) in [4.78, 5) is 19.2. The highest BCUT2D eigenvalue weighted by Gasteiger charge is 2.28. The molecule has 1 aliphatic rings. The third-order valence-electron chi connectivity index (χ3n) is 4.44. The van der Waals surface area contributed by atoms with Crippen LogP contribution in [0, 0.1) is 0 Å². The second-order valence-corrected chi connectivity index (χ2v) is 8.09. The van der Waals surface area contributed by atoms with Crippen LogP contribution in [0.25, 0.3) is 0 Å². The molecule has 3 aromatic rings. The van der Waals surface area contributed by atoms with Gasteiger partial charge in [0.15, 0.2) is 0 Å². The average molecular weight is 395 g/mol. The quantitative estimate of drug-likeness (QED) is 0.575. The van der Waals surface area contributed by atoms with Gasteiger partial charge in [0, 0.05) is 21.4 Å². The molecule has 0 saturated heterocycles. The van der Waals surface area contributed by atoms with Gasteiger partial charge < -0.3 is 0 Å². The predicted molar refractivity (Wildman–Crippen MR) is 112 cm³/mol. The summed E-state index contributed by atoms with van der Waals surface area (Å²) < 4.78 is 0. The van der Waals surface area contributed by atoms with E-state index in [4.69, 9.17) is 11.6 Å². The molecule has 27 heavy (non-hydrogen) atoms. The molecule has 1 amide bonds. The number of fused-ring (bicyclic) bond motifs is 2. The zero-order chi connectivity index (χ0) is 18.8. The maximum atomic E-state index is 13.3. The molecule has 0 saturated carbocycles. The molecule has 0 aromatic heterocycles. The molecule has 4 rings (SSSR count). The Morgan fingerprint density at radius 1 is 0.963 bits per heavy atom. The van der Waals surface area contributed by atoms with Crippen molar-refractivity contribution >= 4 is 40.6 Å². The molecular formula is C22H19ClN2OS. The lowest BCUT2D eigenvalue weighted by Crippen LogP contribution is -2.37. The molecule has 0 aliphatic carbocycles. The van der Waals surface area contributed by atoms with Gasteiger partial charge in [-0.1, -0.05) is 65.8 Å². The summed E-state index contributed by atoms with van der Waals surface area (Å²) in [6, 6.07) is 23.9. The Bertz CT molecular complexity index is 977. The van der Waals surface area contributed by atoms with Crippen molar-refractivity contribution in [2.24, 2.45) is 0 Å². The topological polar surface area (TPSA) is 23.6 Å². The molecule has 0 N–H and O–H groups in total. The summed E-state index contributed by atoms with van der Waals surface area (Å²) in [7, 11) is 1.97. The number of amides is 1. The van der Waals surface area contributed by atoms with Crippen molar-refractivity contribution in [1.29, 1.82) is 0 Å². The highest BCUT2D eigenvalue weighted by Crippen LogP contribution is 2.48. The summed E-state index contributed by atoms with van der Waals surface area (Å²) in [6.45, 7) is 1.04. The lowest BCUT2D eigenvalue weighted by atomic mass is 10.2. The number of nitrogens with zero attached hydrogens (tertiary/aromatic N) is 2. The number of carbonyl (C=O) groups is 1. The van der Waals surface area contributed by atoms with Gasteiger partial charge in [-0.2, -0.15) is 0 Å². The van der Waals surface area contributed by atoms with Crippen molar-refractivity contribution in [3.05, 3.63) is 83.4 Å². The first kappa shape index (κ1) is 18.1. The number of hydrogen-bond acceptors (Lipinski definition) is 3. The number of likely N-dealkylation sites (N-methyl/N-ethyl adjacent to an activating group) is 1. The number of benzene rings is 3. The van der Waals surface area contributed by atoms with E-state index in [9.17, 15) is 4.79 Å². The molecule has 0 bridgehead atoms. The number of hydrogen-bond donors (Lipinski definition) is 0. The molecule has 3 aromatic carbocycles. The minimum absolute atomic E-state index is 0.0321. The van der Waals surface area contributed by atoms with Crippen LogP contribution in [0.4, 0.5) is 11.4 Å². The molecule has 0 unspecified atom stereocenters. The van der Waals surface area contributed by atoms with Gasteiger partial charge in [-0.25, -0.2) is 0 Å². The minimum atomic E-state index is 0.0321. The molecule has 1 heterocycles. The Morgan fingerprint density at radius 2 is 1.67 bits per heavy atom. The standard InChI is InChI=1S/C22H19ClN2OS/c1-24(14-16-7-3-2-4-8-16)15-22(26)25-18-9-5-6-10-20(18)27-21-12-11-17(23)13-19(21)25/h2-13H,14-15H2,1H3. The molecule has 1 aliphatic heterocycles. The smallest absolute Gasteiger partial charge is 0.245 e. The van der Waals surface area contributed by atoms with E-state index < -0.39 is 0 Å². The monoisotopic (exact) mass is 394 g/mol. The van der Waals surface area contributed by atoms with Gasteiger partial charge >= 0.3 is 0 Å². The van der Waals surface area contributed by atoms with Crippen LogP contribution in [0.2, 0.25) is 5.02 Å². The summed E-state index contributed by atoms with van der Waals surface area (Å²) in [6.07, 6.45) is 0. The van der Waals surface area contributed by atoms with Gasteiger partial charge in [0.1, 0.15) is 0 Å². The van der Waals surface area contributed by atoms with E-state index in [2.05, 4.69) is 12.1 Å². The van der Waals surface area contributed by atoms with Crippen molar-refractivity contribution < 1.29 is 4.79 Å². The predicted octanol–water partition coefficient (Wildman–Crippen LogP) is 5.60. The lowest BCUT2D eigenvalue weighted by molar-refractivity contribution is -0.118. The third-order valence-corrected chi connectivity index (χ3v) is 5.80. The summed E-state index contributed by atoms with van der Waals surface area (Å²) in [5.74, 6) is 0.0321. The van der Waals surface area contributed by atoms with Crippen LogP contribution in [-0.4, -0.2) is 24.4 Å². The van der Waals surface area contributed by atoms with Crippen molar-refractivity contribution in [1.82, 2.24) is 4.90 Å². The fraction of sp³-hybridized carbons (Fsp3) is 0.136. The fourth-order valence-corrected chi connectivity index (χ4v) is 4.45.